The average molecular weight is 500 g/mol. The van der Waals surface area contributed by atoms with Crippen LogP contribution in [0.15, 0.2) is 115 Å². The lowest BCUT2D eigenvalue weighted by Gasteiger charge is -2.28. The number of Topliss-reactive ketones (excluding diaryl/α,β-unsaturated/α-hetero) is 2. The molecule has 2 unspecified atom stereocenters. The molecular formula is C36H21NO2. The molecule has 1 heterocycles. The van der Waals surface area contributed by atoms with Gasteiger partial charge in [0.05, 0.1) is 28.6 Å². The summed E-state index contributed by atoms with van der Waals surface area (Å²) in [7, 11) is 0. The fourth-order valence-electron chi connectivity index (χ4n) is 7.02. The van der Waals surface area contributed by atoms with E-state index in [9.17, 15) is 9.59 Å². The van der Waals surface area contributed by atoms with Crippen molar-refractivity contribution in [3.63, 3.8) is 0 Å². The molecule has 3 aliphatic carbocycles. The highest BCUT2D eigenvalue weighted by atomic mass is 16.2. The fraction of sp³-hybridized carbons (Fsp3) is 0.0556. The summed E-state index contributed by atoms with van der Waals surface area (Å²) in [6, 6.07) is 34.9. The molecule has 1 aromatic heterocycles. The molecule has 3 aliphatic rings. The van der Waals surface area contributed by atoms with Gasteiger partial charge in [-0.25, -0.2) is 0 Å². The number of nitrogens with zero attached hydrogens (tertiary/aromatic N) is 1. The largest absolute Gasteiger partial charge is 0.309 e. The van der Waals surface area contributed by atoms with Gasteiger partial charge in [0.15, 0.2) is 0 Å². The number of aromatic nitrogens is 1. The minimum Gasteiger partial charge on any atom is -0.309 e. The number of allylic oxidation sites excluding steroid dienone is 4. The van der Waals surface area contributed by atoms with Crippen LogP contribution in [0.25, 0.3) is 65.4 Å². The Morgan fingerprint density at radius 1 is 0.564 bits per heavy atom. The van der Waals surface area contributed by atoms with Crippen LogP contribution in [-0.2, 0) is 9.59 Å². The molecule has 2 atom stereocenters. The number of para-hydroxylation sites is 2. The number of ketones is 2. The number of fused-ring (bicyclic) bond motifs is 4. The van der Waals surface area contributed by atoms with Crippen molar-refractivity contribution in [2.75, 3.05) is 0 Å². The van der Waals surface area contributed by atoms with Crippen molar-refractivity contribution in [3.8, 4) is 5.69 Å². The standard InChI is InChI=1S/C36H21NO2/c38-35-23-12-14-27(36(35)39)29(19-23)24-17-21-10-9-20-13-16-32(28-15-11-22(18-24)33(21)34(20)28)37-30-7-3-1-5-25(30)26-6-2-4-8-31(26)37/h1-19,23,27H. The Balaban J connectivity index is 1.33. The highest BCUT2D eigenvalue weighted by Gasteiger charge is 2.39. The lowest BCUT2D eigenvalue weighted by molar-refractivity contribution is -0.139. The zero-order valence-electron chi connectivity index (χ0n) is 20.9. The SMILES string of the molecule is O=C1C(=O)C2C=CC1C=C2c1cc2ccc3ccc(-n4c5ccccc5c5ccccc54)c4ccc(c1)c2c34. The predicted molar refractivity (Wildman–Crippen MR) is 159 cm³/mol. The van der Waals surface area contributed by atoms with Gasteiger partial charge in [-0.05, 0) is 68.4 Å². The normalized spacial score (nSPS) is 18.9. The molecule has 2 bridgehead atoms. The highest BCUT2D eigenvalue weighted by molar-refractivity contribution is 6.44. The summed E-state index contributed by atoms with van der Waals surface area (Å²) >= 11 is 0. The molecule has 0 saturated heterocycles. The maximum Gasteiger partial charge on any atom is 0.210 e. The van der Waals surface area contributed by atoms with E-state index in [0.717, 1.165) is 21.9 Å². The van der Waals surface area contributed by atoms with E-state index in [2.05, 4.69) is 102 Å². The van der Waals surface area contributed by atoms with Gasteiger partial charge in [0.1, 0.15) is 0 Å². The Labute approximate surface area is 223 Å². The molecule has 0 saturated carbocycles. The van der Waals surface area contributed by atoms with Crippen molar-refractivity contribution in [2.45, 2.75) is 0 Å². The van der Waals surface area contributed by atoms with Gasteiger partial charge in [0.2, 0.25) is 11.6 Å². The average Bonchev–Trinajstić information content (AvgIpc) is 3.32. The van der Waals surface area contributed by atoms with Crippen molar-refractivity contribution >= 4 is 71.3 Å². The molecule has 7 aromatic rings. The zero-order chi connectivity index (χ0) is 25.8. The summed E-state index contributed by atoms with van der Waals surface area (Å²) in [5.74, 6) is -1.49. The smallest absolute Gasteiger partial charge is 0.210 e. The van der Waals surface area contributed by atoms with Gasteiger partial charge in [-0.3, -0.25) is 9.59 Å². The topological polar surface area (TPSA) is 39.1 Å². The predicted octanol–water partition coefficient (Wildman–Crippen LogP) is 8.02. The van der Waals surface area contributed by atoms with Gasteiger partial charge in [-0.2, -0.15) is 0 Å². The van der Waals surface area contributed by atoms with Crippen molar-refractivity contribution < 1.29 is 9.59 Å². The first-order valence-electron chi connectivity index (χ1n) is 13.4. The second-order valence-electron chi connectivity index (χ2n) is 10.8. The highest BCUT2D eigenvalue weighted by Crippen LogP contribution is 2.43. The molecule has 0 aliphatic heterocycles. The van der Waals surface area contributed by atoms with Crippen LogP contribution in [0.3, 0.4) is 0 Å². The minimum atomic E-state index is -0.474. The third-order valence-corrected chi connectivity index (χ3v) is 8.76. The number of carbonyl (C=O) groups is 2. The maximum atomic E-state index is 12.7. The van der Waals surface area contributed by atoms with Gasteiger partial charge in [-0.1, -0.05) is 85.0 Å². The lowest BCUT2D eigenvalue weighted by atomic mass is 9.72. The van der Waals surface area contributed by atoms with Crippen LogP contribution >= 0.6 is 0 Å². The Hall–Kier alpha value is -5.02. The van der Waals surface area contributed by atoms with E-state index in [1.807, 2.05) is 18.2 Å². The molecule has 0 spiro atoms. The van der Waals surface area contributed by atoms with E-state index in [4.69, 9.17) is 0 Å². The molecule has 0 N–H and O–H groups in total. The first kappa shape index (κ1) is 21.0. The van der Waals surface area contributed by atoms with Crippen LogP contribution in [0.5, 0.6) is 0 Å². The van der Waals surface area contributed by atoms with E-state index >= 15 is 0 Å². The molecule has 3 nitrogen and oxygen atoms in total. The number of hydrogen-bond acceptors (Lipinski definition) is 2. The molecular weight excluding hydrogens is 478 g/mol. The van der Waals surface area contributed by atoms with E-state index < -0.39 is 11.8 Å². The van der Waals surface area contributed by atoms with Gasteiger partial charge in [-0.15, -0.1) is 0 Å². The summed E-state index contributed by atoms with van der Waals surface area (Å²) in [6.07, 6.45) is 5.73. The van der Waals surface area contributed by atoms with E-state index in [0.29, 0.717) is 0 Å². The third-order valence-electron chi connectivity index (χ3n) is 8.76. The molecule has 3 heteroatoms. The zero-order valence-corrected chi connectivity index (χ0v) is 20.9. The molecule has 39 heavy (non-hydrogen) atoms. The first-order valence-corrected chi connectivity index (χ1v) is 13.4. The lowest BCUT2D eigenvalue weighted by Crippen LogP contribution is -2.36. The molecule has 10 rings (SSSR count). The third kappa shape index (κ3) is 2.67. The Morgan fingerprint density at radius 3 is 1.92 bits per heavy atom. The van der Waals surface area contributed by atoms with Gasteiger partial charge >= 0.3 is 0 Å². The van der Waals surface area contributed by atoms with Crippen molar-refractivity contribution in [1.82, 2.24) is 4.57 Å². The van der Waals surface area contributed by atoms with Crippen LogP contribution in [0.2, 0.25) is 0 Å². The van der Waals surface area contributed by atoms with Crippen LogP contribution < -0.4 is 0 Å². The molecule has 6 aromatic carbocycles. The Bertz CT molecular complexity index is 2210. The molecule has 0 amide bonds. The maximum absolute atomic E-state index is 12.7. The van der Waals surface area contributed by atoms with Crippen molar-refractivity contribution in [3.05, 3.63) is 121 Å². The number of hydrogen-bond donors (Lipinski definition) is 0. The van der Waals surface area contributed by atoms with E-state index in [1.54, 1.807) is 0 Å². The second-order valence-corrected chi connectivity index (χ2v) is 10.8. The van der Waals surface area contributed by atoms with Crippen molar-refractivity contribution in [1.29, 1.82) is 0 Å². The summed E-state index contributed by atoms with van der Waals surface area (Å²) in [6.45, 7) is 0. The Kier molecular flexibility index (Phi) is 3.92. The molecule has 0 radical (unpaired) electrons. The van der Waals surface area contributed by atoms with Gasteiger partial charge in [0.25, 0.3) is 0 Å². The van der Waals surface area contributed by atoms with Gasteiger partial charge < -0.3 is 4.57 Å². The van der Waals surface area contributed by atoms with Gasteiger partial charge in [0, 0.05) is 16.2 Å². The van der Waals surface area contributed by atoms with E-state index in [1.165, 1.54) is 49.0 Å². The quantitative estimate of drug-likeness (QED) is 0.137. The second kappa shape index (κ2) is 7.30. The summed E-state index contributed by atoms with van der Waals surface area (Å²) in [4.78, 5) is 24.9. The fourth-order valence-corrected chi connectivity index (χ4v) is 7.02. The monoisotopic (exact) mass is 499 g/mol. The van der Waals surface area contributed by atoms with Crippen LogP contribution in [0.1, 0.15) is 5.56 Å². The summed E-state index contributed by atoms with van der Waals surface area (Å²) < 4.78 is 2.39. The minimum absolute atomic E-state index is 0.290. The molecule has 0 fully saturated rings. The number of rotatable bonds is 2. The number of carbonyl (C=O) groups excluding carboxylic acids is 2. The number of benzene rings is 6. The summed E-state index contributed by atoms with van der Waals surface area (Å²) in [5, 5.41) is 9.69. The summed E-state index contributed by atoms with van der Waals surface area (Å²) in [5.41, 5.74) is 5.53. The molecule has 182 valence electrons. The van der Waals surface area contributed by atoms with Crippen LogP contribution in [-0.4, -0.2) is 16.1 Å². The van der Waals surface area contributed by atoms with Crippen molar-refractivity contribution in [2.24, 2.45) is 11.8 Å². The van der Waals surface area contributed by atoms with E-state index in [-0.39, 0.29) is 11.6 Å². The Morgan fingerprint density at radius 2 is 1.21 bits per heavy atom. The van der Waals surface area contributed by atoms with Crippen LogP contribution in [0.4, 0.5) is 0 Å². The first-order chi connectivity index (χ1) is 19.2. The van der Waals surface area contributed by atoms with Crippen LogP contribution in [0, 0.1) is 11.8 Å².